The van der Waals surface area contributed by atoms with Crippen molar-refractivity contribution in [3.63, 3.8) is 0 Å². The number of aryl methyl sites for hydroxylation is 1. The molecule has 0 fully saturated rings. The number of hydrogen-bond donors (Lipinski definition) is 1. The second-order valence-electron chi connectivity index (χ2n) is 10.6. The Kier molecular flexibility index (Phi) is 8.18. The van der Waals surface area contributed by atoms with Gasteiger partial charge in [-0.15, -0.1) is 0 Å². The molecule has 0 saturated carbocycles. The molecule has 4 heteroatoms. The van der Waals surface area contributed by atoms with Crippen molar-refractivity contribution in [2.24, 2.45) is 0 Å². The van der Waals surface area contributed by atoms with E-state index in [0.717, 1.165) is 49.1 Å². The summed E-state index contributed by atoms with van der Waals surface area (Å²) in [6, 6.07) is 42.1. The topological polar surface area (TPSA) is 46.9 Å². The average Bonchev–Trinajstić information content (AvgIpc) is 3.37. The first kappa shape index (κ1) is 26.5. The second kappa shape index (κ2) is 12.6. The van der Waals surface area contributed by atoms with Crippen LogP contribution in [-0.4, -0.2) is 22.0 Å². The van der Waals surface area contributed by atoms with Gasteiger partial charge in [-0.25, -0.2) is 4.98 Å². The summed E-state index contributed by atoms with van der Waals surface area (Å²) in [5.74, 6) is 1.21. The van der Waals surface area contributed by atoms with E-state index in [9.17, 15) is 4.79 Å². The molecule has 6 aromatic rings. The molecule has 0 aliphatic carbocycles. The molecule has 6 rings (SSSR count). The van der Waals surface area contributed by atoms with Crippen LogP contribution in [0.3, 0.4) is 0 Å². The maximum Gasteiger partial charge on any atom is 0.224 e. The van der Waals surface area contributed by atoms with E-state index in [4.69, 9.17) is 4.98 Å². The largest absolute Gasteiger partial charge is 0.356 e. The molecule has 0 aliphatic rings. The smallest absolute Gasteiger partial charge is 0.224 e. The first-order chi connectivity index (χ1) is 20.2. The van der Waals surface area contributed by atoms with Crippen LogP contribution in [0.2, 0.25) is 0 Å². The van der Waals surface area contributed by atoms with Crippen molar-refractivity contribution in [1.29, 1.82) is 0 Å². The normalized spacial score (nSPS) is 11.2. The minimum atomic E-state index is 0.0781. The van der Waals surface area contributed by atoms with E-state index in [1.54, 1.807) is 0 Å². The molecule has 0 aliphatic heterocycles. The molecule has 1 N–H and O–H groups in total. The third kappa shape index (κ3) is 6.38. The molecular weight excluding hydrogens is 502 g/mol. The first-order valence-corrected chi connectivity index (χ1v) is 14.6. The number of unbranched alkanes of at least 4 members (excludes halogenated alkanes) is 2. The quantitative estimate of drug-likeness (QED) is 0.170. The maximum absolute atomic E-state index is 12.5. The fourth-order valence-corrected chi connectivity index (χ4v) is 5.60. The zero-order valence-electron chi connectivity index (χ0n) is 23.3. The molecule has 4 nitrogen and oxygen atoms in total. The highest BCUT2D eigenvalue weighted by molar-refractivity contribution is 5.86. The molecule has 41 heavy (non-hydrogen) atoms. The third-order valence-electron chi connectivity index (χ3n) is 7.77. The maximum atomic E-state index is 12.5. The lowest BCUT2D eigenvalue weighted by Crippen LogP contribution is -2.26. The van der Waals surface area contributed by atoms with Gasteiger partial charge in [0.05, 0.1) is 17.5 Å². The Morgan fingerprint density at radius 1 is 0.683 bits per heavy atom. The van der Waals surface area contributed by atoms with E-state index in [2.05, 4.69) is 101 Å². The predicted octanol–water partition coefficient (Wildman–Crippen LogP) is 7.98. The Hall–Kier alpha value is -4.70. The fourth-order valence-electron chi connectivity index (χ4n) is 5.60. The van der Waals surface area contributed by atoms with Crippen molar-refractivity contribution in [3.8, 4) is 11.1 Å². The number of benzene rings is 5. The summed E-state index contributed by atoms with van der Waals surface area (Å²) in [5, 5.41) is 5.66. The number of carbonyl (C=O) groups excluding carboxylic acids is 1. The number of fused-ring (bicyclic) bond motifs is 2. The summed E-state index contributed by atoms with van der Waals surface area (Å²) in [6.07, 6.45) is 4.37. The number of aromatic nitrogens is 2. The van der Waals surface area contributed by atoms with E-state index in [1.807, 2.05) is 30.3 Å². The van der Waals surface area contributed by atoms with Crippen LogP contribution in [0.15, 0.2) is 121 Å². The van der Waals surface area contributed by atoms with E-state index < -0.39 is 0 Å². The van der Waals surface area contributed by atoms with Crippen molar-refractivity contribution in [2.75, 3.05) is 6.54 Å². The standard InChI is InChI=1S/C37H35N3O/c41-37(26-28-21-23-30(24-22-28)29-12-3-1-4-13-29)38-25-10-2-5-20-36-39-34-18-8-9-19-35(34)40(36)27-32-16-11-15-31-14-6-7-17-33(31)32/h1,3-4,6-9,11-19,21-24H,2,5,10,20,25-27H2,(H,38,41). The lowest BCUT2D eigenvalue weighted by Gasteiger charge is -2.12. The Morgan fingerprint density at radius 3 is 2.29 bits per heavy atom. The first-order valence-electron chi connectivity index (χ1n) is 14.6. The molecule has 0 saturated heterocycles. The highest BCUT2D eigenvalue weighted by Crippen LogP contribution is 2.24. The number of para-hydroxylation sites is 2. The van der Waals surface area contributed by atoms with Gasteiger partial charge in [-0.05, 0) is 58.0 Å². The monoisotopic (exact) mass is 537 g/mol. The molecule has 0 radical (unpaired) electrons. The van der Waals surface area contributed by atoms with Gasteiger partial charge in [-0.3, -0.25) is 4.79 Å². The molecule has 1 amide bonds. The molecule has 204 valence electrons. The predicted molar refractivity (Wildman–Crippen MR) is 169 cm³/mol. The molecule has 0 bridgehead atoms. The van der Waals surface area contributed by atoms with E-state index in [-0.39, 0.29) is 5.91 Å². The van der Waals surface area contributed by atoms with Crippen LogP contribution in [0, 0.1) is 0 Å². The number of hydrogen-bond acceptors (Lipinski definition) is 2. The number of amides is 1. The average molecular weight is 538 g/mol. The Bertz CT molecular complexity index is 1750. The minimum absolute atomic E-state index is 0.0781. The van der Waals surface area contributed by atoms with Crippen LogP contribution in [-0.2, 0) is 24.2 Å². The van der Waals surface area contributed by atoms with Gasteiger partial charge >= 0.3 is 0 Å². The van der Waals surface area contributed by atoms with Crippen LogP contribution in [0.5, 0.6) is 0 Å². The van der Waals surface area contributed by atoms with Gasteiger partial charge in [0.25, 0.3) is 0 Å². The highest BCUT2D eigenvalue weighted by atomic mass is 16.1. The minimum Gasteiger partial charge on any atom is -0.356 e. The molecule has 5 aromatic carbocycles. The highest BCUT2D eigenvalue weighted by Gasteiger charge is 2.12. The van der Waals surface area contributed by atoms with Crippen LogP contribution < -0.4 is 5.32 Å². The number of nitrogens with zero attached hydrogens (tertiary/aromatic N) is 2. The molecule has 0 spiro atoms. The summed E-state index contributed by atoms with van der Waals surface area (Å²) < 4.78 is 2.38. The van der Waals surface area contributed by atoms with Crippen LogP contribution in [0.25, 0.3) is 32.9 Å². The zero-order chi connectivity index (χ0) is 27.9. The van der Waals surface area contributed by atoms with Gasteiger partial charge in [-0.1, -0.05) is 116 Å². The van der Waals surface area contributed by atoms with Crippen molar-refractivity contribution < 1.29 is 4.79 Å². The zero-order valence-corrected chi connectivity index (χ0v) is 23.3. The summed E-state index contributed by atoms with van der Waals surface area (Å²) in [6.45, 7) is 1.51. The van der Waals surface area contributed by atoms with Crippen LogP contribution in [0.1, 0.15) is 36.2 Å². The van der Waals surface area contributed by atoms with E-state index in [0.29, 0.717) is 13.0 Å². The fraction of sp³-hybridized carbons (Fsp3) is 0.189. The van der Waals surface area contributed by atoms with E-state index in [1.165, 1.54) is 33.0 Å². The summed E-state index contributed by atoms with van der Waals surface area (Å²) >= 11 is 0. The van der Waals surface area contributed by atoms with Crippen molar-refractivity contribution in [2.45, 2.75) is 38.6 Å². The van der Waals surface area contributed by atoms with Crippen molar-refractivity contribution in [1.82, 2.24) is 14.9 Å². The molecule has 1 aromatic heterocycles. The Labute approximate surface area is 241 Å². The van der Waals surface area contributed by atoms with Gasteiger partial charge < -0.3 is 9.88 Å². The van der Waals surface area contributed by atoms with Gasteiger partial charge in [0.1, 0.15) is 5.82 Å². The summed E-state index contributed by atoms with van der Waals surface area (Å²) in [5.41, 5.74) is 6.93. The molecule has 0 unspecified atom stereocenters. The summed E-state index contributed by atoms with van der Waals surface area (Å²) in [4.78, 5) is 17.5. The molecule has 0 atom stereocenters. The van der Waals surface area contributed by atoms with Gasteiger partial charge in [-0.2, -0.15) is 0 Å². The number of imidazole rings is 1. The molecular formula is C37H35N3O. The van der Waals surface area contributed by atoms with Crippen LogP contribution in [0.4, 0.5) is 0 Å². The number of rotatable bonds is 11. The van der Waals surface area contributed by atoms with Crippen molar-refractivity contribution >= 4 is 27.7 Å². The Balaban J connectivity index is 1.01. The van der Waals surface area contributed by atoms with Gasteiger partial charge in [0.15, 0.2) is 0 Å². The SMILES string of the molecule is O=C(Cc1ccc(-c2ccccc2)cc1)NCCCCCc1nc2ccccc2n1Cc1cccc2ccccc12. The van der Waals surface area contributed by atoms with Gasteiger partial charge in [0.2, 0.25) is 5.91 Å². The lowest BCUT2D eigenvalue weighted by atomic mass is 10.0. The number of nitrogens with one attached hydrogen (secondary N) is 1. The number of carbonyl (C=O) groups is 1. The van der Waals surface area contributed by atoms with E-state index >= 15 is 0 Å². The second-order valence-corrected chi connectivity index (χ2v) is 10.6. The van der Waals surface area contributed by atoms with Crippen molar-refractivity contribution in [3.05, 3.63) is 138 Å². The third-order valence-corrected chi connectivity index (χ3v) is 7.77. The van der Waals surface area contributed by atoms with Gasteiger partial charge in [0, 0.05) is 19.5 Å². The lowest BCUT2D eigenvalue weighted by molar-refractivity contribution is -0.120. The van der Waals surface area contributed by atoms with Crippen LogP contribution >= 0.6 is 0 Å². The molecule has 1 heterocycles. The summed E-state index contributed by atoms with van der Waals surface area (Å²) in [7, 11) is 0. The Morgan fingerprint density at radius 2 is 1.41 bits per heavy atom.